The van der Waals surface area contributed by atoms with Gasteiger partial charge in [0.05, 0.1) is 22.8 Å². The third-order valence-corrected chi connectivity index (χ3v) is 7.41. The first-order valence-corrected chi connectivity index (χ1v) is 11.9. The van der Waals surface area contributed by atoms with E-state index in [4.69, 9.17) is 14.5 Å². The predicted octanol–water partition coefficient (Wildman–Crippen LogP) is 5.20. The highest BCUT2D eigenvalue weighted by Gasteiger charge is 2.19. The summed E-state index contributed by atoms with van der Waals surface area (Å²) in [5, 5.41) is 1.02. The van der Waals surface area contributed by atoms with Gasteiger partial charge in [-0.15, -0.1) is 11.3 Å². The van der Waals surface area contributed by atoms with Crippen molar-refractivity contribution < 1.29 is 14.3 Å². The lowest BCUT2D eigenvalue weighted by Gasteiger charge is -2.25. The highest BCUT2D eigenvalue weighted by molar-refractivity contribution is 7.29. The summed E-state index contributed by atoms with van der Waals surface area (Å²) in [4.78, 5) is 21.6. The Morgan fingerprint density at radius 3 is 2.61 bits per heavy atom. The fourth-order valence-corrected chi connectivity index (χ4v) is 5.71. The van der Waals surface area contributed by atoms with Crippen molar-refractivity contribution in [2.24, 2.45) is 0 Å². The second-order valence-corrected chi connectivity index (χ2v) is 9.44. The second kappa shape index (κ2) is 9.18. The van der Waals surface area contributed by atoms with Gasteiger partial charge < -0.3 is 14.4 Å². The van der Waals surface area contributed by atoms with E-state index in [2.05, 4.69) is 4.90 Å². The number of ether oxygens (including phenoxy) is 2. The fourth-order valence-electron chi connectivity index (χ4n) is 3.51. The average Bonchev–Trinajstić information content (AvgIpc) is 3.39. The van der Waals surface area contributed by atoms with Gasteiger partial charge >= 0.3 is 0 Å². The molecule has 2 aromatic heterocycles. The summed E-state index contributed by atoms with van der Waals surface area (Å²) >= 11 is 3.13. The van der Waals surface area contributed by atoms with Gasteiger partial charge in [0.15, 0.2) is 10.9 Å². The van der Waals surface area contributed by atoms with Gasteiger partial charge in [-0.3, -0.25) is 4.79 Å². The summed E-state index contributed by atoms with van der Waals surface area (Å²) in [7, 11) is 0. The van der Waals surface area contributed by atoms with Crippen molar-refractivity contribution in [1.29, 1.82) is 0 Å². The summed E-state index contributed by atoms with van der Waals surface area (Å²) in [6.07, 6.45) is 0.354. The van der Waals surface area contributed by atoms with Crippen molar-refractivity contribution >= 4 is 43.1 Å². The third kappa shape index (κ3) is 4.79. The number of carbonyl (C=O) groups is 1. The molecule has 0 unspecified atom stereocenters. The van der Waals surface area contributed by atoms with E-state index in [1.54, 1.807) is 11.3 Å². The molecule has 1 saturated heterocycles. The number of ketones is 1. The first kappa shape index (κ1) is 20.2. The van der Waals surface area contributed by atoms with Crippen LogP contribution in [0.5, 0.6) is 5.75 Å². The Kier molecular flexibility index (Phi) is 5.97. The van der Waals surface area contributed by atoms with Crippen LogP contribution in [-0.2, 0) is 17.8 Å². The van der Waals surface area contributed by atoms with Gasteiger partial charge in [0.25, 0.3) is 0 Å². The van der Waals surface area contributed by atoms with Crippen molar-refractivity contribution in [1.82, 2.24) is 4.98 Å². The Bertz CT molecular complexity index is 1150. The fraction of sp³-hybridized carbons (Fsp3) is 0.250. The van der Waals surface area contributed by atoms with Crippen LogP contribution in [-0.4, -0.2) is 37.1 Å². The number of benzene rings is 2. The molecule has 31 heavy (non-hydrogen) atoms. The maximum absolute atomic E-state index is 12.9. The molecule has 5 rings (SSSR count). The molecule has 0 aliphatic carbocycles. The van der Waals surface area contributed by atoms with E-state index in [1.165, 1.54) is 11.3 Å². The number of rotatable bonds is 7. The minimum absolute atomic E-state index is 0.114. The standard InChI is InChI=1S/C24H22N2O3S2/c27-20(14-18-7-4-8-19(13-18)29-16-17-5-2-1-3-6-17)21-15-22-23(30-21)25-24(31-22)26-9-11-28-12-10-26/h1-8,13,15H,9-12,14,16H2. The van der Waals surface area contributed by atoms with Crippen LogP contribution in [0.1, 0.15) is 20.8 Å². The van der Waals surface area contributed by atoms with Gasteiger partial charge in [0.1, 0.15) is 17.2 Å². The topological polar surface area (TPSA) is 51.7 Å². The third-order valence-electron chi connectivity index (χ3n) is 5.15. The molecule has 1 aliphatic heterocycles. The molecule has 0 saturated carbocycles. The molecular formula is C24H22N2O3S2. The summed E-state index contributed by atoms with van der Waals surface area (Å²) in [6, 6.07) is 19.8. The van der Waals surface area contributed by atoms with Crippen LogP contribution in [0.2, 0.25) is 0 Å². The van der Waals surface area contributed by atoms with Gasteiger partial charge in [-0.05, 0) is 29.3 Å². The van der Waals surface area contributed by atoms with Gasteiger partial charge in [-0.1, -0.05) is 53.8 Å². The molecule has 5 nitrogen and oxygen atoms in total. The summed E-state index contributed by atoms with van der Waals surface area (Å²) in [5.41, 5.74) is 2.07. The largest absolute Gasteiger partial charge is 0.489 e. The molecule has 0 bridgehead atoms. The zero-order valence-electron chi connectivity index (χ0n) is 17.0. The summed E-state index contributed by atoms with van der Waals surface area (Å²) in [6.45, 7) is 3.73. The van der Waals surface area contributed by atoms with E-state index < -0.39 is 0 Å². The van der Waals surface area contributed by atoms with Crippen molar-refractivity contribution in [2.75, 3.05) is 31.2 Å². The molecule has 0 amide bonds. The van der Waals surface area contributed by atoms with Crippen LogP contribution in [0.15, 0.2) is 60.7 Å². The van der Waals surface area contributed by atoms with E-state index in [-0.39, 0.29) is 5.78 Å². The highest BCUT2D eigenvalue weighted by atomic mass is 32.1. The lowest BCUT2D eigenvalue weighted by atomic mass is 10.1. The number of anilines is 1. The summed E-state index contributed by atoms with van der Waals surface area (Å²) in [5.74, 6) is 0.890. The van der Waals surface area contributed by atoms with Crippen LogP contribution in [0, 0.1) is 0 Å². The van der Waals surface area contributed by atoms with E-state index in [9.17, 15) is 4.79 Å². The molecule has 0 N–H and O–H groups in total. The number of hydrogen-bond donors (Lipinski definition) is 0. The molecule has 2 aromatic carbocycles. The number of carbonyl (C=O) groups excluding carboxylic acids is 1. The minimum atomic E-state index is 0.114. The van der Waals surface area contributed by atoms with Crippen LogP contribution in [0.3, 0.4) is 0 Å². The van der Waals surface area contributed by atoms with Crippen LogP contribution >= 0.6 is 22.7 Å². The molecule has 0 radical (unpaired) electrons. The zero-order chi connectivity index (χ0) is 21.0. The van der Waals surface area contributed by atoms with Crippen molar-refractivity contribution in [3.05, 3.63) is 76.7 Å². The first-order valence-electron chi connectivity index (χ1n) is 10.3. The maximum atomic E-state index is 12.9. The summed E-state index contributed by atoms with van der Waals surface area (Å²) < 4.78 is 12.4. The zero-order valence-corrected chi connectivity index (χ0v) is 18.6. The van der Waals surface area contributed by atoms with Crippen LogP contribution in [0.25, 0.3) is 9.53 Å². The monoisotopic (exact) mass is 450 g/mol. The molecule has 7 heteroatoms. The second-order valence-electron chi connectivity index (χ2n) is 7.40. The Morgan fingerprint density at radius 2 is 1.81 bits per heavy atom. The van der Waals surface area contributed by atoms with Crippen molar-refractivity contribution in [3.8, 4) is 5.75 Å². The molecule has 1 aliphatic rings. The lowest BCUT2D eigenvalue weighted by Crippen LogP contribution is -2.36. The van der Waals surface area contributed by atoms with Crippen LogP contribution in [0.4, 0.5) is 5.13 Å². The van der Waals surface area contributed by atoms with E-state index in [1.807, 2.05) is 60.7 Å². The number of hydrogen-bond acceptors (Lipinski definition) is 7. The molecule has 4 aromatic rings. The lowest BCUT2D eigenvalue weighted by molar-refractivity contribution is 0.0997. The van der Waals surface area contributed by atoms with E-state index in [0.29, 0.717) is 13.0 Å². The Hall–Kier alpha value is -2.74. The quantitative estimate of drug-likeness (QED) is 0.362. The predicted molar refractivity (Wildman–Crippen MR) is 126 cm³/mol. The maximum Gasteiger partial charge on any atom is 0.187 e. The molecule has 158 valence electrons. The minimum Gasteiger partial charge on any atom is -0.489 e. The van der Waals surface area contributed by atoms with Gasteiger partial charge in [0, 0.05) is 19.5 Å². The number of aromatic nitrogens is 1. The number of nitrogens with zero attached hydrogens (tertiary/aromatic N) is 2. The smallest absolute Gasteiger partial charge is 0.187 e. The van der Waals surface area contributed by atoms with E-state index >= 15 is 0 Å². The Morgan fingerprint density at radius 1 is 1.00 bits per heavy atom. The van der Waals surface area contributed by atoms with Crippen molar-refractivity contribution in [2.45, 2.75) is 13.0 Å². The van der Waals surface area contributed by atoms with Gasteiger partial charge in [-0.2, -0.15) is 0 Å². The van der Waals surface area contributed by atoms with E-state index in [0.717, 1.165) is 62.7 Å². The van der Waals surface area contributed by atoms with Crippen LogP contribution < -0.4 is 9.64 Å². The molecule has 0 spiro atoms. The number of Topliss-reactive ketones (excluding diaryl/α,β-unsaturated/α-hetero) is 1. The van der Waals surface area contributed by atoms with Gasteiger partial charge in [0.2, 0.25) is 0 Å². The number of fused-ring (bicyclic) bond motifs is 1. The molecule has 3 heterocycles. The number of thiophene rings is 1. The Labute approximate surface area is 188 Å². The average molecular weight is 451 g/mol. The number of thiazole rings is 1. The first-order chi connectivity index (χ1) is 15.2. The molecule has 0 atom stereocenters. The molecular weight excluding hydrogens is 428 g/mol. The Balaban J connectivity index is 1.24. The van der Waals surface area contributed by atoms with Crippen molar-refractivity contribution in [3.63, 3.8) is 0 Å². The number of morpholine rings is 1. The highest BCUT2D eigenvalue weighted by Crippen LogP contribution is 2.35. The molecule has 1 fully saturated rings. The van der Waals surface area contributed by atoms with Gasteiger partial charge in [-0.25, -0.2) is 4.98 Å². The normalized spacial score (nSPS) is 14.1. The SMILES string of the molecule is O=C(Cc1cccc(OCc2ccccc2)c1)c1cc2sc(N3CCOCC3)nc2s1.